The molecule has 0 radical (unpaired) electrons. The third-order valence-electron chi connectivity index (χ3n) is 6.65. The fourth-order valence-electron chi connectivity index (χ4n) is 4.55. The molecule has 4 rings (SSSR count). The van der Waals surface area contributed by atoms with Crippen LogP contribution in [0.5, 0.6) is 5.75 Å². The first kappa shape index (κ1) is 26.6. The molecule has 2 aliphatic rings. The van der Waals surface area contributed by atoms with Crippen molar-refractivity contribution in [2.45, 2.75) is 41.9 Å². The summed E-state index contributed by atoms with van der Waals surface area (Å²) in [6, 6.07) is 14.7. The van der Waals surface area contributed by atoms with Gasteiger partial charge in [0.05, 0.1) is 16.3 Å². The van der Waals surface area contributed by atoms with Gasteiger partial charge in [0.15, 0.2) is 0 Å². The number of nitrogens with zero attached hydrogens (tertiary/aromatic N) is 2. The number of sulfonamides is 2. The molecule has 36 heavy (non-hydrogen) atoms. The van der Waals surface area contributed by atoms with Gasteiger partial charge in [0.1, 0.15) is 12.4 Å². The molecule has 2 fully saturated rings. The smallest absolute Gasteiger partial charge is 0.243 e. The van der Waals surface area contributed by atoms with Crippen molar-refractivity contribution >= 4 is 26.0 Å². The van der Waals surface area contributed by atoms with Crippen molar-refractivity contribution in [1.82, 2.24) is 13.9 Å². The van der Waals surface area contributed by atoms with Crippen molar-refractivity contribution in [3.05, 3.63) is 54.6 Å². The van der Waals surface area contributed by atoms with Gasteiger partial charge in [-0.1, -0.05) is 24.6 Å². The van der Waals surface area contributed by atoms with Gasteiger partial charge >= 0.3 is 0 Å². The maximum absolute atomic E-state index is 12.7. The number of carbonyl (C=O) groups excluding carboxylic acids is 1. The molecular formula is C25H33N3O6S2. The van der Waals surface area contributed by atoms with E-state index in [1.165, 1.54) is 8.61 Å². The maximum Gasteiger partial charge on any atom is 0.243 e. The predicted octanol–water partition coefficient (Wildman–Crippen LogP) is 2.46. The van der Waals surface area contributed by atoms with Crippen LogP contribution in [0.25, 0.3) is 0 Å². The predicted molar refractivity (Wildman–Crippen MR) is 135 cm³/mol. The molecule has 2 aromatic rings. The van der Waals surface area contributed by atoms with Crippen LogP contribution in [0.1, 0.15) is 32.1 Å². The van der Waals surface area contributed by atoms with Gasteiger partial charge in [0.25, 0.3) is 0 Å². The summed E-state index contributed by atoms with van der Waals surface area (Å²) in [5.74, 6) is 0.172. The van der Waals surface area contributed by atoms with Crippen LogP contribution in [0.4, 0.5) is 0 Å². The minimum Gasteiger partial charge on any atom is -0.492 e. The Morgan fingerprint density at radius 3 is 1.94 bits per heavy atom. The third-order valence-corrected chi connectivity index (χ3v) is 10.5. The Balaban J connectivity index is 1.19. The monoisotopic (exact) mass is 535 g/mol. The minimum absolute atomic E-state index is 0.113. The Morgan fingerprint density at radius 2 is 1.33 bits per heavy atom. The van der Waals surface area contributed by atoms with Gasteiger partial charge in [-0.05, 0) is 62.1 Å². The molecule has 2 aliphatic heterocycles. The molecule has 0 aliphatic carbocycles. The highest BCUT2D eigenvalue weighted by molar-refractivity contribution is 7.89. The number of nitrogens with one attached hydrogen (secondary N) is 1. The number of carbonyl (C=O) groups is 1. The summed E-state index contributed by atoms with van der Waals surface area (Å²) < 4.78 is 59.6. The molecule has 0 atom stereocenters. The SMILES string of the molecule is O=C(NCCOc1ccc(S(=O)(=O)N2CCCCC2)cc1)C1CCN(S(=O)(=O)c2ccccc2)CC1. The van der Waals surface area contributed by atoms with E-state index in [-0.39, 0.29) is 28.2 Å². The van der Waals surface area contributed by atoms with E-state index in [2.05, 4.69) is 5.32 Å². The van der Waals surface area contributed by atoms with E-state index in [1.54, 1.807) is 54.6 Å². The summed E-state index contributed by atoms with van der Waals surface area (Å²) in [5, 5.41) is 2.85. The molecule has 0 bridgehead atoms. The summed E-state index contributed by atoms with van der Waals surface area (Å²) in [6.07, 6.45) is 3.76. The molecule has 2 heterocycles. The molecule has 2 saturated heterocycles. The number of hydrogen-bond donors (Lipinski definition) is 1. The van der Waals surface area contributed by atoms with E-state index in [1.807, 2.05) is 0 Å². The quantitative estimate of drug-likeness (QED) is 0.494. The zero-order chi connectivity index (χ0) is 25.6. The topological polar surface area (TPSA) is 113 Å². The molecule has 0 saturated carbocycles. The first-order valence-electron chi connectivity index (χ1n) is 12.3. The lowest BCUT2D eigenvalue weighted by atomic mass is 9.97. The first-order chi connectivity index (χ1) is 17.3. The average Bonchev–Trinajstić information content (AvgIpc) is 2.92. The summed E-state index contributed by atoms with van der Waals surface area (Å²) >= 11 is 0. The second kappa shape index (κ2) is 11.7. The van der Waals surface area contributed by atoms with Crippen LogP contribution in [0.15, 0.2) is 64.4 Å². The van der Waals surface area contributed by atoms with Crippen LogP contribution < -0.4 is 10.1 Å². The van der Waals surface area contributed by atoms with Gasteiger partial charge in [0.2, 0.25) is 26.0 Å². The van der Waals surface area contributed by atoms with Crippen LogP contribution in [-0.4, -0.2) is 70.7 Å². The van der Waals surface area contributed by atoms with Gasteiger partial charge < -0.3 is 10.1 Å². The summed E-state index contributed by atoms with van der Waals surface area (Å²) in [6.45, 7) is 2.27. The normalized spacial score (nSPS) is 18.6. The Kier molecular flexibility index (Phi) is 8.66. The number of benzene rings is 2. The summed E-state index contributed by atoms with van der Waals surface area (Å²) in [7, 11) is -7.02. The summed E-state index contributed by atoms with van der Waals surface area (Å²) in [4.78, 5) is 13.1. The highest BCUT2D eigenvalue weighted by Gasteiger charge is 2.32. The molecule has 0 aromatic heterocycles. The van der Waals surface area contributed by atoms with Gasteiger partial charge in [-0.15, -0.1) is 0 Å². The van der Waals surface area contributed by atoms with Crippen LogP contribution in [-0.2, 0) is 24.8 Å². The zero-order valence-corrected chi connectivity index (χ0v) is 21.8. The molecule has 0 unspecified atom stereocenters. The molecule has 0 spiro atoms. The van der Waals surface area contributed by atoms with Crippen LogP contribution in [0.2, 0.25) is 0 Å². The lowest BCUT2D eigenvalue weighted by Crippen LogP contribution is -2.43. The van der Waals surface area contributed by atoms with E-state index in [0.29, 0.717) is 51.3 Å². The van der Waals surface area contributed by atoms with E-state index in [4.69, 9.17) is 4.74 Å². The Bertz CT molecular complexity index is 1220. The lowest BCUT2D eigenvalue weighted by Gasteiger charge is -2.30. The molecule has 11 heteroatoms. The standard InChI is InChI=1S/C25H33N3O6S2/c29-25(21-13-18-28(19-14-21)35(30,31)23-7-3-1-4-8-23)26-15-20-34-22-9-11-24(12-10-22)36(32,33)27-16-5-2-6-17-27/h1,3-4,7-12,21H,2,5-6,13-20H2,(H,26,29). The molecule has 2 aromatic carbocycles. The zero-order valence-electron chi connectivity index (χ0n) is 20.2. The Hall–Kier alpha value is -2.47. The van der Waals surface area contributed by atoms with Crippen LogP contribution >= 0.6 is 0 Å². The van der Waals surface area contributed by atoms with Crippen molar-refractivity contribution in [3.63, 3.8) is 0 Å². The second-order valence-corrected chi connectivity index (χ2v) is 12.9. The Labute approximate surface area is 213 Å². The number of piperidine rings is 2. The first-order valence-corrected chi connectivity index (χ1v) is 15.2. The molecular weight excluding hydrogens is 502 g/mol. The number of rotatable bonds is 9. The minimum atomic E-state index is -3.54. The number of ether oxygens (including phenoxy) is 1. The average molecular weight is 536 g/mol. The molecule has 1 amide bonds. The Morgan fingerprint density at radius 1 is 0.778 bits per heavy atom. The van der Waals surface area contributed by atoms with Crippen molar-refractivity contribution in [2.24, 2.45) is 5.92 Å². The molecule has 196 valence electrons. The van der Waals surface area contributed by atoms with Crippen LogP contribution in [0, 0.1) is 5.92 Å². The van der Waals surface area contributed by atoms with E-state index < -0.39 is 20.0 Å². The largest absolute Gasteiger partial charge is 0.492 e. The van der Waals surface area contributed by atoms with Crippen LogP contribution in [0.3, 0.4) is 0 Å². The van der Waals surface area contributed by atoms with Gasteiger partial charge in [0, 0.05) is 32.1 Å². The van der Waals surface area contributed by atoms with Crippen molar-refractivity contribution in [3.8, 4) is 5.75 Å². The van der Waals surface area contributed by atoms with Gasteiger partial charge in [-0.3, -0.25) is 4.79 Å². The van der Waals surface area contributed by atoms with Gasteiger partial charge in [-0.2, -0.15) is 8.61 Å². The van der Waals surface area contributed by atoms with Crippen molar-refractivity contribution in [1.29, 1.82) is 0 Å². The third kappa shape index (κ3) is 6.26. The number of amides is 1. The fourth-order valence-corrected chi connectivity index (χ4v) is 7.56. The summed E-state index contributed by atoms with van der Waals surface area (Å²) in [5.41, 5.74) is 0. The second-order valence-electron chi connectivity index (χ2n) is 9.07. The highest BCUT2D eigenvalue weighted by atomic mass is 32.2. The lowest BCUT2D eigenvalue weighted by molar-refractivity contribution is -0.126. The highest BCUT2D eigenvalue weighted by Crippen LogP contribution is 2.24. The molecule has 1 N–H and O–H groups in total. The number of hydrogen-bond acceptors (Lipinski definition) is 6. The maximum atomic E-state index is 12.7. The molecule has 9 nitrogen and oxygen atoms in total. The van der Waals surface area contributed by atoms with E-state index in [9.17, 15) is 21.6 Å². The van der Waals surface area contributed by atoms with Crippen molar-refractivity contribution in [2.75, 3.05) is 39.3 Å². The van der Waals surface area contributed by atoms with Crippen molar-refractivity contribution < 1.29 is 26.4 Å². The van der Waals surface area contributed by atoms with Gasteiger partial charge in [-0.25, -0.2) is 16.8 Å². The fraction of sp³-hybridized carbons (Fsp3) is 0.480. The van der Waals surface area contributed by atoms with E-state index in [0.717, 1.165) is 19.3 Å². The van der Waals surface area contributed by atoms with E-state index >= 15 is 0 Å².